The normalized spacial score (nSPS) is 25.2. The topological polar surface area (TPSA) is 49.0 Å². The molecular formula is C17H21N3OS2. The molecule has 0 bridgehead atoms. The third-order valence-electron chi connectivity index (χ3n) is 4.60. The van der Waals surface area contributed by atoms with Gasteiger partial charge in [-0.15, -0.1) is 11.8 Å². The molecule has 0 aliphatic carbocycles. The number of nitrogens with zero attached hydrogens (tertiary/aromatic N) is 2. The number of imidazole rings is 1. The highest BCUT2D eigenvalue weighted by Gasteiger charge is 2.36. The van der Waals surface area contributed by atoms with Crippen molar-refractivity contribution in [3.63, 3.8) is 0 Å². The number of benzene rings is 1. The number of thioether (sulfide) groups is 2. The minimum Gasteiger partial charge on any atom is -0.340 e. The molecule has 1 amide bonds. The molecule has 2 aliphatic heterocycles. The molecule has 2 aliphatic rings. The second kappa shape index (κ2) is 6.40. The SMILES string of the molecule is Cc1ccc2nc([C@H]3CCCN3C(=O)[C@@H]3CSCCS3)[nH]c2c1. The van der Waals surface area contributed by atoms with Gasteiger partial charge in [-0.2, -0.15) is 11.8 Å². The zero-order valence-corrected chi connectivity index (χ0v) is 14.9. The lowest BCUT2D eigenvalue weighted by molar-refractivity contribution is -0.131. The van der Waals surface area contributed by atoms with E-state index in [0.29, 0.717) is 5.91 Å². The number of hydrogen-bond donors (Lipinski definition) is 1. The number of nitrogens with one attached hydrogen (secondary N) is 1. The van der Waals surface area contributed by atoms with Gasteiger partial charge < -0.3 is 9.88 Å². The zero-order chi connectivity index (χ0) is 15.8. The number of hydrogen-bond acceptors (Lipinski definition) is 4. The molecule has 2 fully saturated rings. The Labute approximate surface area is 144 Å². The molecule has 122 valence electrons. The molecule has 1 aromatic heterocycles. The van der Waals surface area contributed by atoms with Crippen LogP contribution in [0.3, 0.4) is 0 Å². The number of fused-ring (bicyclic) bond motifs is 1. The maximum Gasteiger partial charge on any atom is 0.237 e. The van der Waals surface area contributed by atoms with E-state index in [1.54, 1.807) is 0 Å². The van der Waals surface area contributed by atoms with Crippen molar-refractivity contribution >= 4 is 40.5 Å². The average molecular weight is 348 g/mol. The van der Waals surface area contributed by atoms with Gasteiger partial charge in [-0.25, -0.2) is 4.98 Å². The van der Waals surface area contributed by atoms with Crippen molar-refractivity contribution in [2.24, 2.45) is 0 Å². The van der Waals surface area contributed by atoms with Gasteiger partial charge in [-0.05, 0) is 37.5 Å². The third kappa shape index (κ3) is 2.98. The van der Waals surface area contributed by atoms with Gasteiger partial charge in [0.1, 0.15) is 5.82 Å². The Morgan fingerprint density at radius 2 is 2.30 bits per heavy atom. The Bertz CT molecular complexity index is 724. The number of amides is 1. The highest BCUT2D eigenvalue weighted by atomic mass is 32.2. The van der Waals surface area contributed by atoms with Crippen molar-refractivity contribution < 1.29 is 4.79 Å². The summed E-state index contributed by atoms with van der Waals surface area (Å²) in [7, 11) is 0. The van der Waals surface area contributed by atoms with E-state index in [2.05, 4.69) is 35.0 Å². The van der Waals surface area contributed by atoms with Crippen LogP contribution in [0.4, 0.5) is 0 Å². The van der Waals surface area contributed by atoms with Crippen LogP contribution in [0.5, 0.6) is 0 Å². The molecule has 4 nitrogen and oxygen atoms in total. The predicted octanol–water partition coefficient (Wildman–Crippen LogP) is 3.38. The van der Waals surface area contributed by atoms with E-state index in [1.807, 2.05) is 23.5 Å². The molecule has 0 radical (unpaired) electrons. The zero-order valence-electron chi connectivity index (χ0n) is 13.2. The van der Waals surface area contributed by atoms with Gasteiger partial charge in [0, 0.05) is 23.8 Å². The van der Waals surface area contributed by atoms with Gasteiger partial charge in [0.15, 0.2) is 0 Å². The summed E-state index contributed by atoms with van der Waals surface area (Å²) in [6.45, 7) is 2.95. The Morgan fingerprint density at radius 3 is 3.13 bits per heavy atom. The van der Waals surface area contributed by atoms with Crippen LogP contribution in [0.25, 0.3) is 11.0 Å². The number of aromatic nitrogens is 2. The van der Waals surface area contributed by atoms with Gasteiger partial charge in [-0.1, -0.05) is 6.07 Å². The second-order valence-electron chi connectivity index (χ2n) is 6.27. The molecule has 2 saturated heterocycles. The van der Waals surface area contributed by atoms with Crippen LogP contribution in [-0.2, 0) is 4.79 Å². The minimum absolute atomic E-state index is 0.114. The van der Waals surface area contributed by atoms with E-state index in [9.17, 15) is 4.79 Å². The molecule has 0 spiro atoms. The van der Waals surface area contributed by atoms with Crippen LogP contribution < -0.4 is 0 Å². The molecule has 0 unspecified atom stereocenters. The predicted molar refractivity (Wildman–Crippen MR) is 98.1 cm³/mol. The number of carbonyl (C=O) groups excluding carboxylic acids is 1. The summed E-state index contributed by atoms with van der Waals surface area (Å²) in [5.74, 6) is 4.46. The molecule has 1 N–H and O–H groups in total. The standard InChI is InChI=1S/C17H21N3OS2/c1-11-4-5-12-13(9-11)19-16(18-12)14-3-2-6-20(14)17(21)15-10-22-7-8-23-15/h4-5,9,14-15H,2-3,6-8,10H2,1H3,(H,18,19)/t14-,15+/m1/s1. The van der Waals surface area contributed by atoms with Crippen LogP contribution >= 0.6 is 23.5 Å². The van der Waals surface area contributed by atoms with Gasteiger partial charge in [0.05, 0.1) is 22.3 Å². The first kappa shape index (κ1) is 15.4. The van der Waals surface area contributed by atoms with E-state index in [1.165, 1.54) is 11.3 Å². The number of carbonyl (C=O) groups is 1. The largest absolute Gasteiger partial charge is 0.340 e. The molecule has 3 heterocycles. The molecule has 1 aromatic carbocycles. The number of rotatable bonds is 2. The third-order valence-corrected chi connectivity index (χ3v) is 7.34. The molecule has 4 rings (SSSR count). The second-order valence-corrected chi connectivity index (χ2v) is 8.73. The lowest BCUT2D eigenvalue weighted by Gasteiger charge is -2.29. The maximum atomic E-state index is 12.9. The summed E-state index contributed by atoms with van der Waals surface area (Å²) < 4.78 is 0. The first-order valence-corrected chi connectivity index (χ1v) is 10.4. The van der Waals surface area contributed by atoms with Gasteiger partial charge in [-0.3, -0.25) is 4.79 Å². The van der Waals surface area contributed by atoms with Crippen molar-refractivity contribution in [1.29, 1.82) is 0 Å². The fourth-order valence-corrected chi connectivity index (χ4v) is 6.05. The summed E-state index contributed by atoms with van der Waals surface area (Å²) in [5, 5.41) is 0.126. The van der Waals surface area contributed by atoms with Gasteiger partial charge in [0.2, 0.25) is 5.91 Å². The lowest BCUT2D eigenvalue weighted by Crippen LogP contribution is -2.40. The van der Waals surface area contributed by atoms with E-state index >= 15 is 0 Å². The van der Waals surface area contributed by atoms with E-state index < -0.39 is 0 Å². The molecule has 2 aromatic rings. The van der Waals surface area contributed by atoms with Crippen LogP contribution in [0, 0.1) is 6.92 Å². The minimum atomic E-state index is 0.114. The number of aryl methyl sites for hydroxylation is 1. The van der Waals surface area contributed by atoms with Crippen molar-refractivity contribution in [2.45, 2.75) is 31.1 Å². The number of aromatic amines is 1. The van der Waals surface area contributed by atoms with Crippen molar-refractivity contribution in [2.75, 3.05) is 23.8 Å². The summed E-state index contributed by atoms with van der Waals surface area (Å²) >= 11 is 3.72. The Morgan fingerprint density at radius 1 is 1.39 bits per heavy atom. The average Bonchev–Trinajstić information content (AvgIpc) is 3.20. The Balaban J connectivity index is 1.59. The maximum absolute atomic E-state index is 12.9. The Hall–Kier alpha value is -1.14. The summed E-state index contributed by atoms with van der Waals surface area (Å²) in [5.41, 5.74) is 3.29. The van der Waals surface area contributed by atoms with E-state index in [0.717, 1.165) is 47.7 Å². The van der Waals surface area contributed by atoms with Gasteiger partial charge in [0.25, 0.3) is 0 Å². The van der Waals surface area contributed by atoms with E-state index in [-0.39, 0.29) is 11.3 Å². The molecule has 23 heavy (non-hydrogen) atoms. The molecule has 6 heteroatoms. The summed E-state index contributed by atoms with van der Waals surface area (Å²) in [6, 6.07) is 6.38. The fraction of sp³-hybridized carbons (Fsp3) is 0.529. The molecule has 2 atom stereocenters. The van der Waals surface area contributed by atoms with Crippen LogP contribution in [-0.4, -0.2) is 49.8 Å². The monoisotopic (exact) mass is 347 g/mol. The first-order chi connectivity index (χ1) is 11.2. The lowest BCUT2D eigenvalue weighted by atomic mass is 10.2. The molecular weight excluding hydrogens is 326 g/mol. The Kier molecular flexibility index (Phi) is 4.28. The first-order valence-electron chi connectivity index (χ1n) is 8.18. The quantitative estimate of drug-likeness (QED) is 0.905. The highest BCUT2D eigenvalue weighted by molar-refractivity contribution is 8.07. The van der Waals surface area contributed by atoms with Crippen molar-refractivity contribution in [1.82, 2.24) is 14.9 Å². The summed E-state index contributed by atoms with van der Waals surface area (Å²) in [6.07, 6.45) is 2.08. The summed E-state index contributed by atoms with van der Waals surface area (Å²) in [4.78, 5) is 23.2. The van der Waals surface area contributed by atoms with Gasteiger partial charge >= 0.3 is 0 Å². The van der Waals surface area contributed by atoms with Crippen LogP contribution in [0.2, 0.25) is 0 Å². The van der Waals surface area contributed by atoms with Crippen molar-refractivity contribution in [3.8, 4) is 0 Å². The smallest absolute Gasteiger partial charge is 0.237 e. The van der Waals surface area contributed by atoms with Crippen molar-refractivity contribution in [3.05, 3.63) is 29.6 Å². The van der Waals surface area contributed by atoms with Crippen LogP contribution in [0.1, 0.15) is 30.3 Å². The number of likely N-dealkylation sites (tertiary alicyclic amines) is 1. The van der Waals surface area contributed by atoms with Crippen LogP contribution in [0.15, 0.2) is 18.2 Å². The number of H-pyrrole nitrogens is 1. The fourth-order valence-electron chi connectivity index (χ4n) is 3.43. The highest BCUT2D eigenvalue weighted by Crippen LogP contribution is 2.35. The molecule has 0 saturated carbocycles. The van der Waals surface area contributed by atoms with E-state index in [4.69, 9.17) is 4.98 Å².